The predicted octanol–water partition coefficient (Wildman–Crippen LogP) is 4.91. The summed E-state index contributed by atoms with van der Waals surface area (Å²) in [6, 6.07) is 25.1. The molecule has 35 heavy (non-hydrogen) atoms. The van der Waals surface area contributed by atoms with E-state index >= 15 is 0 Å². The molecule has 0 aliphatic rings. The molecule has 1 aromatic heterocycles. The van der Waals surface area contributed by atoms with E-state index in [9.17, 15) is 19.5 Å². The molecule has 0 saturated heterocycles. The summed E-state index contributed by atoms with van der Waals surface area (Å²) in [5, 5.41) is 15.8. The number of para-hydroxylation sites is 1. The van der Waals surface area contributed by atoms with Crippen molar-refractivity contribution in [1.29, 1.82) is 0 Å². The molecule has 0 fully saturated rings. The van der Waals surface area contributed by atoms with E-state index < -0.39 is 12.1 Å². The molecule has 0 spiro atoms. The molecule has 8 nitrogen and oxygen atoms in total. The van der Waals surface area contributed by atoms with Gasteiger partial charge in [-0.05, 0) is 48.4 Å². The highest BCUT2D eigenvalue weighted by atomic mass is 16.5. The van der Waals surface area contributed by atoms with E-state index in [4.69, 9.17) is 4.74 Å². The first kappa shape index (κ1) is 23.6. The third-order valence-corrected chi connectivity index (χ3v) is 5.45. The van der Waals surface area contributed by atoms with Gasteiger partial charge in [-0.2, -0.15) is 0 Å². The highest BCUT2D eigenvalue weighted by molar-refractivity contribution is 6.07. The number of aryl methyl sites for hydroxylation is 1. The number of rotatable bonds is 9. The van der Waals surface area contributed by atoms with Gasteiger partial charge in [-0.25, -0.2) is 9.59 Å². The van der Waals surface area contributed by atoms with Crippen molar-refractivity contribution in [3.8, 4) is 0 Å². The Morgan fingerprint density at radius 2 is 1.60 bits per heavy atom. The van der Waals surface area contributed by atoms with Crippen LogP contribution < -0.4 is 10.6 Å². The lowest BCUT2D eigenvalue weighted by Crippen LogP contribution is -2.26. The largest absolute Gasteiger partial charge is 0.477 e. The van der Waals surface area contributed by atoms with Gasteiger partial charge in [0.1, 0.15) is 12.3 Å². The number of aromatic nitrogens is 1. The molecule has 1 heterocycles. The summed E-state index contributed by atoms with van der Waals surface area (Å²) in [6.45, 7) is 0.877. The Bertz CT molecular complexity index is 1330. The van der Waals surface area contributed by atoms with Crippen LogP contribution in [0.5, 0.6) is 0 Å². The third-order valence-electron chi connectivity index (χ3n) is 5.45. The van der Waals surface area contributed by atoms with E-state index in [1.165, 1.54) is 0 Å². The number of hydrogen-bond donors (Lipinski definition) is 3. The molecule has 2 amide bonds. The number of nitrogens with one attached hydrogen (secondary N) is 2. The van der Waals surface area contributed by atoms with E-state index in [1.54, 1.807) is 41.0 Å². The van der Waals surface area contributed by atoms with Crippen molar-refractivity contribution in [3.63, 3.8) is 0 Å². The summed E-state index contributed by atoms with van der Waals surface area (Å²) in [5.74, 6) is -1.34. The summed E-state index contributed by atoms with van der Waals surface area (Å²) >= 11 is 0. The molecule has 0 aliphatic carbocycles. The van der Waals surface area contributed by atoms with Gasteiger partial charge in [0.05, 0.1) is 0 Å². The lowest BCUT2D eigenvalue weighted by atomic mass is 10.1. The van der Waals surface area contributed by atoms with E-state index in [-0.39, 0.29) is 18.2 Å². The number of anilines is 1. The topological polar surface area (TPSA) is 110 Å². The molecule has 0 bridgehead atoms. The lowest BCUT2D eigenvalue weighted by molar-refractivity contribution is 0.0685. The van der Waals surface area contributed by atoms with Gasteiger partial charge < -0.3 is 25.0 Å². The number of fused-ring (bicyclic) bond motifs is 1. The van der Waals surface area contributed by atoms with Crippen LogP contribution in [0.2, 0.25) is 0 Å². The van der Waals surface area contributed by atoms with Crippen LogP contribution in [0, 0.1) is 0 Å². The van der Waals surface area contributed by atoms with Crippen LogP contribution in [-0.2, 0) is 17.9 Å². The molecule has 8 heteroatoms. The van der Waals surface area contributed by atoms with Crippen LogP contribution >= 0.6 is 0 Å². The van der Waals surface area contributed by atoms with Crippen molar-refractivity contribution >= 4 is 34.6 Å². The summed E-state index contributed by atoms with van der Waals surface area (Å²) in [6.07, 6.45) is -0.0282. The summed E-state index contributed by atoms with van der Waals surface area (Å²) in [7, 11) is 0. The van der Waals surface area contributed by atoms with Gasteiger partial charge in [-0.3, -0.25) is 4.79 Å². The second kappa shape index (κ2) is 11.0. The second-order valence-corrected chi connectivity index (χ2v) is 7.92. The molecule has 3 aromatic carbocycles. The Balaban J connectivity index is 1.37. The number of benzene rings is 3. The minimum atomic E-state index is -1.06. The van der Waals surface area contributed by atoms with Crippen molar-refractivity contribution in [2.75, 3.05) is 11.9 Å². The number of nitrogens with zero attached hydrogens (tertiary/aromatic N) is 1. The number of alkyl carbamates (subject to hydrolysis) is 1. The molecule has 0 unspecified atom stereocenters. The monoisotopic (exact) mass is 471 g/mol. The highest BCUT2D eigenvalue weighted by Crippen LogP contribution is 2.23. The van der Waals surface area contributed by atoms with Crippen LogP contribution in [0.15, 0.2) is 84.9 Å². The number of carboxylic acid groups (broad SMARTS) is 1. The van der Waals surface area contributed by atoms with Crippen molar-refractivity contribution in [2.45, 2.75) is 19.6 Å². The fourth-order valence-corrected chi connectivity index (χ4v) is 3.76. The minimum absolute atomic E-state index is 0.118. The van der Waals surface area contributed by atoms with Crippen LogP contribution in [0.4, 0.5) is 10.5 Å². The first-order valence-electron chi connectivity index (χ1n) is 11.2. The van der Waals surface area contributed by atoms with E-state index in [1.807, 2.05) is 48.5 Å². The maximum atomic E-state index is 12.6. The van der Waals surface area contributed by atoms with Gasteiger partial charge in [0.2, 0.25) is 0 Å². The predicted molar refractivity (Wildman–Crippen MR) is 133 cm³/mol. The standard InChI is InChI=1S/C27H25N3O5/c31-25(29-22-10-5-2-6-11-22)20-12-13-23-21(16-20)17-24(26(32)33)30(23)15-7-14-28-27(34)35-18-19-8-3-1-4-9-19/h1-6,8-13,16-17H,7,14-15,18H2,(H,28,34)(H,29,31)(H,32,33). The maximum Gasteiger partial charge on any atom is 0.407 e. The molecule has 178 valence electrons. The Labute approximate surface area is 202 Å². The Morgan fingerprint density at radius 3 is 2.31 bits per heavy atom. The zero-order valence-electron chi connectivity index (χ0n) is 18.9. The van der Waals surface area contributed by atoms with Gasteiger partial charge in [-0.15, -0.1) is 0 Å². The average Bonchev–Trinajstić information content (AvgIpc) is 3.25. The fourth-order valence-electron chi connectivity index (χ4n) is 3.76. The van der Waals surface area contributed by atoms with Gasteiger partial charge in [0, 0.05) is 35.2 Å². The van der Waals surface area contributed by atoms with Gasteiger partial charge in [0.15, 0.2) is 0 Å². The van der Waals surface area contributed by atoms with Crippen LogP contribution in [0.3, 0.4) is 0 Å². The third kappa shape index (κ3) is 6.05. The number of aromatic carboxylic acids is 1. The zero-order chi connectivity index (χ0) is 24.6. The molecule has 0 aliphatic heterocycles. The van der Waals surface area contributed by atoms with Crippen molar-refractivity contribution < 1.29 is 24.2 Å². The van der Waals surface area contributed by atoms with Crippen LogP contribution in [-0.4, -0.2) is 34.2 Å². The molecule has 4 aromatic rings. The minimum Gasteiger partial charge on any atom is -0.477 e. The Morgan fingerprint density at radius 1 is 0.886 bits per heavy atom. The van der Waals surface area contributed by atoms with E-state index in [2.05, 4.69) is 10.6 Å². The SMILES string of the molecule is O=C(NCCCn1c(C(=O)O)cc2cc(C(=O)Nc3ccccc3)ccc21)OCc1ccccc1. The molecule has 4 rings (SSSR count). The molecule has 0 radical (unpaired) electrons. The number of carbonyl (C=O) groups excluding carboxylic acids is 2. The normalized spacial score (nSPS) is 10.6. The van der Waals surface area contributed by atoms with Crippen molar-refractivity contribution in [2.24, 2.45) is 0 Å². The zero-order valence-corrected chi connectivity index (χ0v) is 18.9. The molecular formula is C27H25N3O5. The number of ether oxygens (including phenoxy) is 1. The Hall–Kier alpha value is -4.59. The van der Waals surface area contributed by atoms with Gasteiger partial charge >= 0.3 is 12.1 Å². The average molecular weight is 472 g/mol. The first-order chi connectivity index (χ1) is 17.0. The molecule has 0 saturated carbocycles. The number of carboxylic acids is 1. The molecule has 0 atom stereocenters. The van der Waals surface area contributed by atoms with E-state index in [0.717, 1.165) is 5.56 Å². The maximum absolute atomic E-state index is 12.6. The van der Waals surface area contributed by atoms with Crippen molar-refractivity contribution in [3.05, 3.63) is 102 Å². The highest BCUT2D eigenvalue weighted by Gasteiger charge is 2.16. The van der Waals surface area contributed by atoms with Gasteiger partial charge in [0.25, 0.3) is 5.91 Å². The van der Waals surface area contributed by atoms with E-state index in [0.29, 0.717) is 41.7 Å². The quantitative estimate of drug-likeness (QED) is 0.301. The summed E-state index contributed by atoms with van der Waals surface area (Å²) in [4.78, 5) is 36.4. The second-order valence-electron chi connectivity index (χ2n) is 7.92. The number of amides is 2. The molecule has 3 N–H and O–H groups in total. The Kier molecular flexibility index (Phi) is 7.42. The van der Waals surface area contributed by atoms with Gasteiger partial charge in [-0.1, -0.05) is 48.5 Å². The summed E-state index contributed by atoms with van der Waals surface area (Å²) in [5.41, 5.74) is 2.82. The number of hydrogen-bond acceptors (Lipinski definition) is 4. The summed E-state index contributed by atoms with van der Waals surface area (Å²) < 4.78 is 6.86. The van der Waals surface area contributed by atoms with Crippen LogP contribution in [0.1, 0.15) is 32.8 Å². The van der Waals surface area contributed by atoms with Crippen molar-refractivity contribution in [1.82, 2.24) is 9.88 Å². The first-order valence-corrected chi connectivity index (χ1v) is 11.2. The smallest absolute Gasteiger partial charge is 0.407 e. The number of carbonyl (C=O) groups is 3. The lowest BCUT2D eigenvalue weighted by Gasteiger charge is -2.10. The molecular weight excluding hydrogens is 446 g/mol. The fraction of sp³-hybridized carbons (Fsp3) is 0.148. The van der Waals surface area contributed by atoms with Crippen LogP contribution in [0.25, 0.3) is 10.9 Å².